The smallest absolute Gasteiger partial charge is 0.244 e. The molecule has 1 atom stereocenters. The summed E-state index contributed by atoms with van der Waals surface area (Å²) in [6, 6.07) is 7.07. The molecule has 0 saturated carbocycles. The van der Waals surface area contributed by atoms with Crippen molar-refractivity contribution >= 4 is 15.7 Å². The molecule has 19 heavy (non-hydrogen) atoms. The Morgan fingerprint density at radius 3 is 2.53 bits per heavy atom. The number of ether oxygens (including phenoxy) is 1. The van der Waals surface area contributed by atoms with E-state index in [4.69, 9.17) is 4.74 Å². The van der Waals surface area contributed by atoms with Crippen molar-refractivity contribution in [1.82, 2.24) is 4.31 Å². The van der Waals surface area contributed by atoms with Crippen LogP contribution in [0.5, 0.6) is 0 Å². The zero-order valence-electron chi connectivity index (χ0n) is 11.9. The number of nitrogens with one attached hydrogen (secondary N) is 1. The molecular formula is C13H22N2O3S. The minimum absolute atomic E-state index is 0.137. The molecule has 0 fully saturated rings. The molecule has 0 saturated heterocycles. The van der Waals surface area contributed by atoms with Crippen LogP contribution in [0, 0.1) is 0 Å². The maximum atomic E-state index is 12.2. The second-order valence-electron chi connectivity index (χ2n) is 4.61. The van der Waals surface area contributed by atoms with Gasteiger partial charge in [-0.05, 0) is 25.5 Å². The summed E-state index contributed by atoms with van der Waals surface area (Å²) < 4.78 is 30.7. The third kappa shape index (κ3) is 4.19. The van der Waals surface area contributed by atoms with Gasteiger partial charge in [0.05, 0.1) is 5.69 Å². The number of para-hydroxylation sites is 1. The Kier molecular flexibility index (Phi) is 5.78. The summed E-state index contributed by atoms with van der Waals surface area (Å²) >= 11 is 0. The van der Waals surface area contributed by atoms with Gasteiger partial charge < -0.3 is 10.1 Å². The van der Waals surface area contributed by atoms with Gasteiger partial charge >= 0.3 is 0 Å². The first-order valence-electron chi connectivity index (χ1n) is 6.16. The van der Waals surface area contributed by atoms with Gasteiger partial charge in [-0.2, -0.15) is 0 Å². The molecule has 1 aromatic carbocycles. The zero-order chi connectivity index (χ0) is 14.5. The maximum Gasteiger partial charge on any atom is 0.244 e. The quantitative estimate of drug-likeness (QED) is 0.830. The first-order valence-corrected chi connectivity index (χ1v) is 7.60. The molecule has 0 aliphatic carbocycles. The van der Waals surface area contributed by atoms with E-state index in [9.17, 15) is 8.42 Å². The summed E-state index contributed by atoms with van der Waals surface area (Å²) in [4.78, 5) is 0.296. The largest absolute Gasteiger partial charge is 0.385 e. The van der Waals surface area contributed by atoms with Crippen molar-refractivity contribution in [3.05, 3.63) is 24.3 Å². The lowest BCUT2D eigenvalue weighted by Gasteiger charge is -2.19. The second kappa shape index (κ2) is 6.88. The van der Waals surface area contributed by atoms with E-state index in [-0.39, 0.29) is 6.04 Å². The monoisotopic (exact) mass is 286 g/mol. The van der Waals surface area contributed by atoms with Crippen LogP contribution in [-0.4, -0.2) is 46.6 Å². The zero-order valence-corrected chi connectivity index (χ0v) is 12.7. The Balaban J connectivity index is 2.97. The van der Waals surface area contributed by atoms with Gasteiger partial charge in [0.1, 0.15) is 4.90 Å². The third-order valence-corrected chi connectivity index (χ3v) is 4.68. The fourth-order valence-corrected chi connectivity index (χ4v) is 2.69. The van der Waals surface area contributed by atoms with Gasteiger partial charge in [0.2, 0.25) is 10.0 Å². The van der Waals surface area contributed by atoms with Crippen molar-refractivity contribution in [3.63, 3.8) is 0 Å². The van der Waals surface area contributed by atoms with Gasteiger partial charge in [-0.15, -0.1) is 0 Å². The van der Waals surface area contributed by atoms with Gasteiger partial charge in [-0.1, -0.05) is 12.1 Å². The number of hydrogen-bond donors (Lipinski definition) is 1. The van der Waals surface area contributed by atoms with Crippen LogP contribution in [-0.2, 0) is 14.8 Å². The SMILES string of the molecule is COCCC(C)Nc1ccccc1S(=O)(=O)N(C)C. The summed E-state index contributed by atoms with van der Waals surface area (Å²) in [6.07, 6.45) is 0.812. The van der Waals surface area contributed by atoms with E-state index in [0.717, 1.165) is 6.42 Å². The normalized spacial score (nSPS) is 13.5. The highest BCUT2D eigenvalue weighted by Crippen LogP contribution is 2.24. The van der Waals surface area contributed by atoms with Gasteiger partial charge in [-0.3, -0.25) is 0 Å². The van der Waals surface area contributed by atoms with Crippen LogP contribution in [0.3, 0.4) is 0 Å². The molecule has 0 aliphatic rings. The molecule has 6 heteroatoms. The summed E-state index contributed by atoms with van der Waals surface area (Å²) in [5.74, 6) is 0. The molecule has 0 aromatic heterocycles. The molecule has 5 nitrogen and oxygen atoms in total. The number of nitrogens with zero attached hydrogens (tertiary/aromatic N) is 1. The summed E-state index contributed by atoms with van der Waals surface area (Å²) in [5.41, 5.74) is 0.625. The lowest BCUT2D eigenvalue weighted by Crippen LogP contribution is -2.25. The Bertz CT molecular complexity index is 500. The Morgan fingerprint density at radius 2 is 1.95 bits per heavy atom. The first kappa shape index (κ1) is 15.9. The lowest BCUT2D eigenvalue weighted by atomic mass is 10.2. The van der Waals surface area contributed by atoms with E-state index in [2.05, 4.69) is 5.32 Å². The van der Waals surface area contributed by atoms with Crippen LogP contribution in [0.1, 0.15) is 13.3 Å². The van der Waals surface area contributed by atoms with E-state index < -0.39 is 10.0 Å². The van der Waals surface area contributed by atoms with Crippen molar-refractivity contribution < 1.29 is 13.2 Å². The predicted molar refractivity (Wildman–Crippen MR) is 76.9 cm³/mol. The van der Waals surface area contributed by atoms with Crippen LogP contribution in [0.25, 0.3) is 0 Å². The van der Waals surface area contributed by atoms with Crippen molar-refractivity contribution in [2.45, 2.75) is 24.3 Å². The molecule has 0 aliphatic heterocycles. The van der Waals surface area contributed by atoms with Crippen molar-refractivity contribution in [2.75, 3.05) is 33.1 Å². The number of hydrogen-bond acceptors (Lipinski definition) is 4. The number of anilines is 1. The Morgan fingerprint density at radius 1 is 1.32 bits per heavy atom. The molecule has 0 bridgehead atoms. The van der Waals surface area contributed by atoms with Gasteiger partial charge in [-0.25, -0.2) is 12.7 Å². The van der Waals surface area contributed by atoms with Gasteiger partial charge in [0.15, 0.2) is 0 Å². The van der Waals surface area contributed by atoms with Crippen LogP contribution in [0.2, 0.25) is 0 Å². The van der Waals surface area contributed by atoms with E-state index in [1.807, 2.05) is 13.0 Å². The van der Waals surface area contributed by atoms with E-state index >= 15 is 0 Å². The summed E-state index contributed by atoms with van der Waals surface area (Å²) in [5, 5.41) is 3.22. The molecule has 1 aromatic rings. The summed E-state index contributed by atoms with van der Waals surface area (Å²) in [7, 11) is 1.27. The topological polar surface area (TPSA) is 58.6 Å². The van der Waals surface area contributed by atoms with Gasteiger partial charge in [0, 0.05) is 33.9 Å². The predicted octanol–water partition coefficient (Wildman–Crippen LogP) is 1.77. The standard InChI is InChI=1S/C13H22N2O3S/c1-11(9-10-18-4)14-12-7-5-6-8-13(12)19(16,17)15(2)3/h5-8,11,14H,9-10H2,1-4H3. The Labute approximate surface area is 115 Å². The highest BCUT2D eigenvalue weighted by Gasteiger charge is 2.21. The van der Waals surface area contributed by atoms with Crippen LogP contribution in [0.4, 0.5) is 5.69 Å². The molecule has 108 valence electrons. The molecule has 1 N–H and O–H groups in total. The van der Waals surface area contributed by atoms with E-state index in [0.29, 0.717) is 17.2 Å². The van der Waals surface area contributed by atoms with Crippen molar-refractivity contribution in [3.8, 4) is 0 Å². The first-order chi connectivity index (χ1) is 8.89. The molecule has 1 rings (SSSR count). The highest BCUT2D eigenvalue weighted by atomic mass is 32.2. The third-order valence-electron chi connectivity index (χ3n) is 2.80. The number of methoxy groups -OCH3 is 1. The average molecular weight is 286 g/mol. The van der Waals surface area contributed by atoms with Crippen molar-refractivity contribution in [1.29, 1.82) is 0 Å². The number of sulfonamides is 1. The fraction of sp³-hybridized carbons (Fsp3) is 0.538. The second-order valence-corrected chi connectivity index (χ2v) is 6.73. The van der Waals surface area contributed by atoms with E-state index in [1.54, 1.807) is 25.3 Å². The molecule has 0 heterocycles. The lowest BCUT2D eigenvalue weighted by molar-refractivity contribution is 0.191. The van der Waals surface area contributed by atoms with Gasteiger partial charge in [0.25, 0.3) is 0 Å². The fourth-order valence-electron chi connectivity index (χ4n) is 1.64. The Hall–Kier alpha value is -1.11. The van der Waals surface area contributed by atoms with Crippen LogP contribution >= 0.6 is 0 Å². The van der Waals surface area contributed by atoms with Crippen LogP contribution < -0.4 is 5.32 Å². The highest BCUT2D eigenvalue weighted by molar-refractivity contribution is 7.89. The molecule has 0 spiro atoms. The number of rotatable bonds is 7. The summed E-state index contributed by atoms with van der Waals surface area (Å²) in [6.45, 7) is 2.63. The minimum atomic E-state index is -3.43. The molecule has 1 unspecified atom stereocenters. The minimum Gasteiger partial charge on any atom is -0.385 e. The van der Waals surface area contributed by atoms with Crippen molar-refractivity contribution in [2.24, 2.45) is 0 Å². The molecule has 0 radical (unpaired) electrons. The average Bonchev–Trinajstić information content (AvgIpc) is 2.36. The van der Waals surface area contributed by atoms with E-state index in [1.165, 1.54) is 18.4 Å². The molecule has 0 amide bonds. The van der Waals surface area contributed by atoms with Crippen LogP contribution in [0.15, 0.2) is 29.2 Å². The maximum absolute atomic E-state index is 12.2. The number of benzene rings is 1. The molecular weight excluding hydrogens is 264 g/mol.